The summed E-state index contributed by atoms with van der Waals surface area (Å²) in [5, 5.41) is 12.6. The number of hydrogen-bond acceptors (Lipinski definition) is 5. The number of methoxy groups -OCH3 is 1. The number of benzene rings is 2. The Hall–Kier alpha value is -2.80. The van der Waals surface area contributed by atoms with E-state index in [2.05, 4.69) is 39.5 Å². The fraction of sp³-hybridized carbons (Fsp3) is 0.409. The molecule has 0 radical (unpaired) electrons. The number of nitrogens with zero attached hydrogens (tertiary/aromatic N) is 5. The Labute approximate surface area is 170 Å². The minimum Gasteiger partial charge on any atom is -0.497 e. The van der Waals surface area contributed by atoms with E-state index in [0.717, 1.165) is 54.5 Å². The van der Waals surface area contributed by atoms with Crippen LogP contribution in [0.25, 0.3) is 0 Å². The molecule has 29 heavy (non-hydrogen) atoms. The van der Waals surface area contributed by atoms with Gasteiger partial charge in [-0.2, -0.15) is 0 Å². The molecule has 1 fully saturated rings. The van der Waals surface area contributed by atoms with E-state index < -0.39 is 0 Å². The molecule has 4 rings (SSSR count). The van der Waals surface area contributed by atoms with Gasteiger partial charge in [0, 0.05) is 0 Å². The summed E-state index contributed by atoms with van der Waals surface area (Å²) < 4.78 is 20.4. The summed E-state index contributed by atoms with van der Waals surface area (Å²) in [4.78, 5) is 2.45. The van der Waals surface area contributed by atoms with Crippen LogP contribution in [0.2, 0.25) is 0 Å². The Balaban J connectivity index is 1.67. The Morgan fingerprint density at radius 2 is 1.76 bits per heavy atom. The van der Waals surface area contributed by atoms with E-state index in [1.165, 1.54) is 12.1 Å². The molecule has 1 saturated heterocycles. The molecule has 2 heterocycles. The molecule has 7 heteroatoms. The minimum absolute atomic E-state index is 0.0381. The van der Waals surface area contributed by atoms with Crippen molar-refractivity contribution in [2.75, 3.05) is 20.2 Å². The maximum atomic E-state index is 13.3. The van der Waals surface area contributed by atoms with E-state index >= 15 is 0 Å². The summed E-state index contributed by atoms with van der Waals surface area (Å²) >= 11 is 0. The number of aromatic nitrogens is 4. The zero-order valence-electron chi connectivity index (χ0n) is 16.8. The van der Waals surface area contributed by atoms with Crippen LogP contribution < -0.4 is 4.74 Å². The lowest BCUT2D eigenvalue weighted by Crippen LogP contribution is -2.38. The van der Waals surface area contributed by atoms with Crippen molar-refractivity contribution in [3.8, 4) is 5.75 Å². The largest absolute Gasteiger partial charge is 0.497 e. The van der Waals surface area contributed by atoms with Crippen molar-refractivity contribution >= 4 is 0 Å². The van der Waals surface area contributed by atoms with E-state index in [0.29, 0.717) is 6.54 Å². The Bertz CT molecular complexity index is 917. The predicted octanol–water partition coefficient (Wildman–Crippen LogP) is 3.69. The van der Waals surface area contributed by atoms with Crippen molar-refractivity contribution in [1.29, 1.82) is 0 Å². The standard InChI is InChI=1S/C22H26FN5O/c1-16-11-13-27(14-12-16)21(18-5-9-20(29-2)10-6-18)22-24-25-26-28(22)15-17-3-7-19(23)8-4-17/h3-10,16,21H,11-15H2,1-2H3/t21-/m1/s1. The first-order chi connectivity index (χ1) is 14.1. The smallest absolute Gasteiger partial charge is 0.173 e. The van der Waals surface area contributed by atoms with Gasteiger partial charge in [-0.3, -0.25) is 4.90 Å². The van der Waals surface area contributed by atoms with E-state index in [1.54, 1.807) is 19.2 Å². The lowest BCUT2D eigenvalue weighted by molar-refractivity contribution is 0.150. The highest BCUT2D eigenvalue weighted by Gasteiger charge is 2.30. The van der Waals surface area contributed by atoms with Crippen LogP contribution in [-0.4, -0.2) is 45.3 Å². The van der Waals surface area contributed by atoms with Crippen LogP contribution in [0.4, 0.5) is 4.39 Å². The van der Waals surface area contributed by atoms with E-state index in [9.17, 15) is 4.39 Å². The van der Waals surface area contributed by atoms with Gasteiger partial charge in [-0.15, -0.1) is 5.10 Å². The fourth-order valence-corrected chi connectivity index (χ4v) is 3.88. The predicted molar refractivity (Wildman–Crippen MR) is 108 cm³/mol. The molecule has 1 aromatic heterocycles. The molecular formula is C22H26FN5O. The van der Waals surface area contributed by atoms with Crippen LogP contribution >= 0.6 is 0 Å². The number of ether oxygens (including phenoxy) is 1. The highest BCUT2D eigenvalue weighted by Crippen LogP contribution is 2.32. The zero-order valence-corrected chi connectivity index (χ0v) is 16.8. The molecule has 152 valence electrons. The van der Waals surface area contributed by atoms with Crippen LogP contribution in [-0.2, 0) is 6.54 Å². The molecule has 2 aromatic carbocycles. The third kappa shape index (κ3) is 4.45. The van der Waals surface area contributed by atoms with Crippen LogP contribution in [0.5, 0.6) is 5.75 Å². The highest BCUT2D eigenvalue weighted by molar-refractivity contribution is 5.32. The summed E-state index contributed by atoms with van der Waals surface area (Å²) in [5.74, 6) is 2.11. The first-order valence-electron chi connectivity index (χ1n) is 10.0. The van der Waals surface area contributed by atoms with Crippen molar-refractivity contribution in [2.24, 2.45) is 5.92 Å². The number of hydrogen-bond donors (Lipinski definition) is 0. The molecule has 0 amide bonds. The monoisotopic (exact) mass is 395 g/mol. The van der Waals surface area contributed by atoms with E-state index in [4.69, 9.17) is 4.74 Å². The first kappa shape index (κ1) is 19.5. The van der Waals surface area contributed by atoms with Gasteiger partial charge in [0.2, 0.25) is 0 Å². The van der Waals surface area contributed by atoms with Crippen molar-refractivity contribution in [2.45, 2.75) is 32.4 Å². The molecule has 0 unspecified atom stereocenters. The lowest BCUT2D eigenvalue weighted by Gasteiger charge is -2.36. The quantitative estimate of drug-likeness (QED) is 0.637. The van der Waals surface area contributed by atoms with Crippen LogP contribution in [0, 0.1) is 11.7 Å². The topological polar surface area (TPSA) is 56.1 Å². The average Bonchev–Trinajstić information content (AvgIpc) is 3.19. The molecule has 6 nitrogen and oxygen atoms in total. The Morgan fingerprint density at radius 3 is 2.41 bits per heavy atom. The third-order valence-corrected chi connectivity index (χ3v) is 5.66. The molecule has 1 aliphatic rings. The number of halogens is 1. The van der Waals surface area contributed by atoms with Crippen molar-refractivity contribution < 1.29 is 9.13 Å². The first-order valence-corrected chi connectivity index (χ1v) is 10.0. The molecule has 0 spiro atoms. The second-order valence-corrected chi connectivity index (χ2v) is 7.72. The van der Waals surface area contributed by atoms with E-state index in [1.807, 2.05) is 16.8 Å². The minimum atomic E-state index is -0.246. The second kappa shape index (κ2) is 8.69. The van der Waals surface area contributed by atoms with Gasteiger partial charge in [-0.1, -0.05) is 31.2 Å². The molecule has 3 aromatic rings. The molecule has 0 saturated carbocycles. The molecule has 0 aliphatic carbocycles. The number of tetrazole rings is 1. The maximum absolute atomic E-state index is 13.3. The Morgan fingerprint density at radius 1 is 1.07 bits per heavy atom. The summed E-state index contributed by atoms with van der Waals surface area (Å²) in [6, 6.07) is 14.5. The van der Waals surface area contributed by atoms with Gasteiger partial charge in [0.15, 0.2) is 5.82 Å². The lowest BCUT2D eigenvalue weighted by atomic mass is 9.95. The van der Waals surface area contributed by atoms with Gasteiger partial charge in [0.05, 0.1) is 19.7 Å². The molecule has 1 aliphatic heterocycles. The van der Waals surface area contributed by atoms with Crippen molar-refractivity contribution in [1.82, 2.24) is 25.1 Å². The summed E-state index contributed by atoms with van der Waals surface area (Å²) in [6.45, 7) is 4.81. The van der Waals surface area contributed by atoms with E-state index in [-0.39, 0.29) is 11.9 Å². The van der Waals surface area contributed by atoms with Gasteiger partial charge in [0.1, 0.15) is 11.6 Å². The number of likely N-dealkylation sites (tertiary alicyclic amines) is 1. The van der Waals surface area contributed by atoms with Gasteiger partial charge in [0.25, 0.3) is 0 Å². The third-order valence-electron chi connectivity index (χ3n) is 5.66. The molecular weight excluding hydrogens is 369 g/mol. The molecule has 1 atom stereocenters. The summed E-state index contributed by atoms with van der Waals surface area (Å²) in [6.07, 6.45) is 2.32. The van der Waals surface area contributed by atoms with Crippen molar-refractivity contribution in [3.05, 3.63) is 71.3 Å². The van der Waals surface area contributed by atoms with Crippen LogP contribution in [0.15, 0.2) is 48.5 Å². The second-order valence-electron chi connectivity index (χ2n) is 7.72. The van der Waals surface area contributed by atoms with Crippen LogP contribution in [0.3, 0.4) is 0 Å². The number of rotatable bonds is 6. The SMILES string of the molecule is COc1ccc([C@H](c2nnnn2Cc2ccc(F)cc2)N2CCC(C)CC2)cc1. The van der Waals surface area contributed by atoms with Crippen molar-refractivity contribution in [3.63, 3.8) is 0 Å². The van der Waals surface area contributed by atoms with Gasteiger partial charge in [-0.05, 0) is 77.7 Å². The summed E-state index contributed by atoms with van der Waals surface area (Å²) in [7, 11) is 1.67. The fourth-order valence-electron chi connectivity index (χ4n) is 3.88. The normalized spacial score (nSPS) is 16.7. The maximum Gasteiger partial charge on any atom is 0.173 e. The van der Waals surface area contributed by atoms with Gasteiger partial charge >= 0.3 is 0 Å². The van der Waals surface area contributed by atoms with Gasteiger partial charge in [-0.25, -0.2) is 9.07 Å². The summed E-state index contributed by atoms with van der Waals surface area (Å²) in [5.41, 5.74) is 2.09. The average molecular weight is 395 g/mol. The zero-order chi connectivity index (χ0) is 20.2. The Kier molecular flexibility index (Phi) is 5.85. The molecule has 0 N–H and O–H groups in total. The highest BCUT2D eigenvalue weighted by atomic mass is 19.1. The van der Waals surface area contributed by atoms with Crippen LogP contribution in [0.1, 0.15) is 42.8 Å². The van der Waals surface area contributed by atoms with Gasteiger partial charge < -0.3 is 4.74 Å². The number of piperidine rings is 1. The molecule has 0 bridgehead atoms.